The maximum Gasteiger partial charge on any atom is 0.408 e. The number of alkyl carbamates (subject to hydrolysis) is 1. The number of carbonyl (C=O) groups excluding carboxylic acids is 3. The maximum absolute atomic E-state index is 14.2. The minimum Gasteiger partial charge on any atom is -0.444 e. The molecule has 9 heteroatoms. The number of nitrogens with zero attached hydrogens (tertiary/aromatic N) is 1. The average Bonchev–Trinajstić information content (AvgIpc) is 2.86. The monoisotopic (exact) mass is 575 g/mol. The van der Waals surface area contributed by atoms with Crippen molar-refractivity contribution in [1.82, 2.24) is 10.2 Å². The number of carbonyl (C=O) groups is 3. The van der Waals surface area contributed by atoms with E-state index in [1.807, 2.05) is 64.1 Å². The highest BCUT2D eigenvalue weighted by Crippen LogP contribution is 2.34. The molecule has 0 radical (unpaired) electrons. The van der Waals surface area contributed by atoms with Crippen molar-refractivity contribution in [3.8, 4) is 0 Å². The summed E-state index contributed by atoms with van der Waals surface area (Å²) in [6, 6.07) is 11.0. The predicted molar refractivity (Wildman–Crippen MR) is 162 cm³/mol. The van der Waals surface area contributed by atoms with E-state index in [4.69, 9.17) is 16.3 Å². The van der Waals surface area contributed by atoms with Gasteiger partial charge in [-0.05, 0) is 77.1 Å². The smallest absolute Gasteiger partial charge is 0.408 e. The summed E-state index contributed by atoms with van der Waals surface area (Å²) in [6.07, 6.45) is 0.650. The largest absolute Gasteiger partial charge is 0.444 e. The van der Waals surface area contributed by atoms with Gasteiger partial charge in [0, 0.05) is 11.3 Å². The fourth-order valence-corrected chi connectivity index (χ4v) is 4.60. The number of rotatable bonds is 10. The molecule has 0 aromatic heterocycles. The Balaban J connectivity index is 2.63. The number of benzene rings is 2. The van der Waals surface area contributed by atoms with Gasteiger partial charge in [-0.25, -0.2) is 4.79 Å². The lowest BCUT2D eigenvalue weighted by atomic mass is 9.91. The SMILES string of the molecule is CCc1ccc(C(C(=O)Nc2c(C)cccc2Cl)N(C(=O)C(CS)NC(=O)OC(C)(C)C)C(C)(C)CC)cc1. The van der Waals surface area contributed by atoms with Gasteiger partial charge in [0.1, 0.15) is 17.7 Å². The van der Waals surface area contributed by atoms with Crippen molar-refractivity contribution in [2.75, 3.05) is 11.1 Å². The van der Waals surface area contributed by atoms with E-state index in [0.717, 1.165) is 17.5 Å². The van der Waals surface area contributed by atoms with Crippen molar-refractivity contribution in [3.05, 3.63) is 64.2 Å². The zero-order valence-electron chi connectivity index (χ0n) is 24.2. The maximum atomic E-state index is 14.2. The van der Waals surface area contributed by atoms with E-state index in [-0.39, 0.29) is 5.75 Å². The van der Waals surface area contributed by atoms with E-state index in [9.17, 15) is 14.4 Å². The minimum atomic E-state index is -1.03. The summed E-state index contributed by atoms with van der Waals surface area (Å²) in [4.78, 5) is 42.5. The Bertz CT molecular complexity index is 1140. The normalized spacial score (nSPS) is 13.3. The molecule has 0 aliphatic rings. The molecule has 0 saturated carbocycles. The van der Waals surface area contributed by atoms with Gasteiger partial charge in [0.25, 0.3) is 5.91 Å². The second-order valence-electron chi connectivity index (χ2n) is 11.2. The number of anilines is 1. The first-order valence-electron chi connectivity index (χ1n) is 13.2. The summed E-state index contributed by atoms with van der Waals surface area (Å²) in [5, 5.41) is 6.02. The van der Waals surface area contributed by atoms with Crippen LogP contribution in [-0.4, -0.2) is 45.7 Å². The molecule has 0 fully saturated rings. The summed E-state index contributed by atoms with van der Waals surface area (Å²) in [5.41, 5.74) is 1.51. The molecule has 0 aliphatic heterocycles. The number of aryl methyl sites for hydroxylation is 2. The summed E-state index contributed by atoms with van der Waals surface area (Å²) in [7, 11) is 0. The Morgan fingerprint density at radius 1 is 1.03 bits per heavy atom. The van der Waals surface area contributed by atoms with Crippen molar-refractivity contribution >= 4 is 47.8 Å². The van der Waals surface area contributed by atoms with Crippen LogP contribution in [0.4, 0.5) is 10.5 Å². The van der Waals surface area contributed by atoms with Gasteiger partial charge in [0.2, 0.25) is 5.91 Å². The zero-order valence-corrected chi connectivity index (χ0v) is 25.9. The quantitative estimate of drug-likeness (QED) is 0.274. The number of hydrogen-bond acceptors (Lipinski definition) is 5. The van der Waals surface area contributed by atoms with Gasteiger partial charge >= 0.3 is 6.09 Å². The van der Waals surface area contributed by atoms with Gasteiger partial charge < -0.3 is 20.3 Å². The lowest BCUT2D eigenvalue weighted by Crippen LogP contribution is -2.59. The minimum absolute atomic E-state index is 0.0150. The second-order valence-corrected chi connectivity index (χ2v) is 11.9. The number of nitrogens with one attached hydrogen (secondary N) is 2. The first-order valence-corrected chi connectivity index (χ1v) is 14.2. The van der Waals surface area contributed by atoms with Crippen molar-refractivity contribution in [2.45, 2.75) is 91.5 Å². The summed E-state index contributed by atoms with van der Waals surface area (Å²) in [6.45, 7) is 14.9. The molecule has 2 N–H and O–H groups in total. The Morgan fingerprint density at radius 3 is 2.13 bits per heavy atom. The molecule has 0 spiro atoms. The van der Waals surface area contributed by atoms with Crippen molar-refractivity contribution in [3.63, 3.8) is 0 Å². The number of thiol groups is 1. The van der Waals surface area contributed by atoms with Gasteiger partial charge in [-0.1, -0.05) is 61.8 Å². The van der Waals surface area contributed by atoms with E-state index >= 15 is 0 Å². The molecule has 0 aliphatic carbocycles. The van der Waals surface area contributed by atoms with Crippen LogP contribution in [0.5, 0.6) is 0 Å². The lowest BCUT2D eigenvalue weighted by molar-refractivity contribution is -0.147. The molecule has 0 saturated heterocycles. The number of para-hydroxylation sites is 1. The van der Waals surface area contributed by atoms with Crippen molar-refractivity contribution in [2.24, 2.45) is 0 Å². The van der Waals surface area contributed by atoms with Crippen LogP contribution in [-0.2, 0) is 20.7 Å². The number of amides is 3. The third-order valence-corrected chi connectivity index (χ3v) is 7.29. The second kappa shape index (κ2) is 13.6. The average molecular weight is 576 g/mol. The van der Waals surface area contributed by atoms with E-state index in [1.165, 1.54) is 0 Å². The van der Waals surface area contributed by atoms with Crippen molar-refractivity contribution < 1.29 is 19.1 Å². The van der Waals surface area contributed by atoms with Crippen LogP contribution < -0.4 is 10.6 Å². The lowest BCUT2D eigenvalue weighted by Gasteiger charge is -2.44. The van der Waals surface area contributed by atoms with E-state index in [0.29, 0.717) is 22.7 Å². The van der Waals surface area contributed by atoms with Crippen LogP contribution in [0.15, 0.2) is 42.5 Å². The third-order valence-electron chi connectivity index (χ3n) is 6.61. The molecule has 0 bridgehead atoms. The van der Waals surface area contributed by atoms with E-state index in [2.05, 4.69) is 30.2 Å². The Hall–Kier alpha value is -2.71. The first kappa shape index (κ1) is 32.5. The van der Waals surface area contributed by atoms with Crippen LogP contribution in [0, 0.1) is 6.92 Å². The van der Waals surface area contributed by atoms with Gasteiger partial charge in [-0.2, -0.15) is 12.6 Å². The molecule has 2 unspecified atom stereocenters. The van der Waals surface area contributed by atoms with E-state index < -0.39 is 41.1 Å². The molecule has 3 amide bonds. The third kappa shape index (κ3) is 8.64. The molecule has 2 aromatic carbocycles. The molecular formula is C30H42ClN3O4S. The van der Waals surface area contributed by atoms with Gasteiger partial charge in [0.05, 0.1) is 10.7 Å². The molecule has 39 heavy (non-hydrogen) atoms. The molecule has 7 nitrogen and oxygen atoms in total. The Morgan fingerprint density at radius 2 is 1.64 bits per heavy atom. The molecule has 2 rings (SSSR count). The van der Waals surface area contributed by atoms with Crippen LogP contribution in [0.2, 0.25) is 5.02 Å². The molecular weight excluding hydrogens is 534 g/mol. The van der Waals surface area contributed by atoms with Crippen LogP contribution >= 0.6 is 24.2 Å². The molecule has 2 atom stereocenters. The molecule has 214 valence electrons. The van der Waals surface area contributed by atoms with E-state index in [1.54, 1.807) is 31.7 Å². The highest BCUT2D eigenvalue weighted by atomic mass is 35.5. The number of halogens is 1. The fourth-order valence-electron chi connectivity index (χ4n) is 4.08. The number of hydrogen-bond donors (Lipinski definition) is 3. The van der Waals surface area contributed by atoms with Gasteiger partial charge in [0.15, 0.2) is 0 Å². The summed E-state index contributed by atoms with van der Waals surface area (Å²) < 4.78 is 5.39. The van der Waals surface area contributed by atoms with Crippen LogP contribution in [0.3, 0.4) is 0 Å². The molecule has 0 heterocycles. The van der Waals surface area contributed by atoms with Gasteiger partial charge in [-0.3, -0.25) is 9.59 Å². The fraction of sp³-hybridized carbons (Fsp3) is 0.500. The van der Waals surface area contributed by atoms with Crippen molar-refractivity contribution in [1.29, 1.82) is 0 Å². The Labute approximate surface area is 243 Å². The van der Waals surface area contributed by atoms with Crippen LogP contribution in [0.1, 0.15) is 77.6 Å². The molecule has 2 aromatic rings. The highest BCUT2D eigenvalue weighted by Gasteiger charge is 2.43. The Kier molecular flexibility index (Phi) is 11.3. The topological polar surface area (TPSA) is 87.7 Å². The van der Waals surface area contributed by atoms with Gasteiger partial charge in [-0.15, -0.1) is 0 Å². The number of ether oxygens (including phenoxy) is 1. The predicted octanol–water partition coefficient (Wildman–Crippen LogP) is 6.73. The first-order chi connectivity index (χ1) is 18.1. The standard InChI is InChI=1S/C30H42ClN3O4S/c1-9-20-14-16-21(17-15-20)25(26(35)33-24-19(3)12-11-13-22(24)31)34(30(7,8)10-2)27(36)23(18-39)32-28(37)38-29(4,5)6/h11-17,23,25,39H,9-10,18H2,1-8H3,(H,32,37)(H,33,35). The summed E-state index contributed by atoms with van der Waals surface area (Å²) in [5.74, 6) is -0.847. The van der Waals surface area contributed by atoms with Crippen LogP contribution in [0.25, 0.3) is 0 Å². The summed E-state index contributed by atoms with van der Waals surface area (Å²) >= 11 is 10.8. The zero-order chi connectivity index (χ0) is 29.5. The highest BCUT2D eigenvalue weighted by molar-refractivity contribution is 7.80.